The third-order valence-electron chi connectivity index (χ3n) is 3.74. The molecule has 2 heterocycles. The maximum Gasteiger partial charge on any atom is 0.257 e. The van der Waals surface area contributed by atoms with Crippen LogP contribution in [0.3, 0.4) is 0 Å². The first-order chi connectivity index (χ1) is 11.0. The van der Waals surface area contributed by atoms with E-state index < -0.39 is 6.04 Å². The van der Waals surface area contributed by atoms with Crippen LogP contribution in [0.5, 0.6) is 0 Å². The van der Waals surface area contributed by atoms with E-state index in [0.29, 0.717) is 16.8 Å². The van der Waals surface area contributed by atoms with Crippen molar-refractivity contribution in [3.63, 3.8) is 0 Å². The molecule has 0 aliphatic carbocycles. The molecule has 3 aromatic rings. The Bertz CT molecular complexity index is 887. The van der Waals surface area contributed by atoms with Crippen molar-refractivity contribution in [1.82, 2.24) is 19.9 Å². The third-order valence-corrected chi connectivity index (χ3v) is 3.74. The van der Waals surface area contributed by atoms with Crippen LogP contribution in [0.25, 0.3) is 5.65 Å². The SMILES string of the molecule is Cc1cc(C)n2ncc(C(=O)NC(C)c3ccccc3F)c2n1. The molecular formula is C17H17FN4O. The molecular weight excluding hydrogens is 295 g/mol. The molecule has 5 nitrogen and oxygen atoms in total. The van der Waals surface area contributed by atoms with Gasteiger partial charge in [0.1, 0.15) is 11.4 Å². The van der Waals surface area contributed by atoms with Crippen LogP contribution < -0.4 is 5.32 Å². The summed E-state index contributed by atoms with van der Waals surface area (Å²) >= 11 is 0. The minimum Gasteiger partial charge on any atom is -0.345 e. The predicted octanol–water partition coefficient (Wildman–Crippen LogP) is 2.98. The van der Waals surface area contributed by atoms with Gasteiger partial charge < -0.3 is 5.32 Å². The number of amides is 1. The molecule has 2 aromatic heterocycles. The Labute approximate surface area is 133 Å². The number of aromatic nitrogens is 3. The Kier molecular flexibility index (Phi) is 3.82. The highest BCUT2D eigenvalue weighted by molar-refractivity contribution is 5.99. The van der Waals surface area contributed by atoms with Crippen molar-refractivity contribution < 1.29 is 9.18 Å². The van der Waals surface area contributed by atoms with Gasteiger partial charge in [-0.15, -0.1) is 0 Å². The van der Waals surface area contributed by atoms with E-state index in [9.17, 15) is 9.18 Å². The Balaban J connectivity index is 1.91. The third kappa shape index (κ3) is 2.79. The Morgan fingerprint density at radius 1 is 1.30 bits per heavy atom. The van der Waals surface area contributed by atoms with Gasteiger partial charge in [-0.1, -0.05) is 18.2 Å². The Morgan fingerprint density at radius 3 is 2.78 bits per heavy atom. The molecule has 1 atom stereocenters. The second kappa shape index (κ2) is 5.79. The lowest BCUT2D eigenvalue weighted by Gasteiger charge is -2.14. The number of rotatable bonds is 3. The largest absolute Gasteiger partial charge is 0.345 e. The van der Waals surface area contributed by atoms with Crippen LogP contribution in [0.15, 0.2) is 36.5 Å². The fraction of sp³-hybridized carbons (Fsp3) is 0.235. The lowest BCUT2D eigenvalue weighted by molar-refractivity contribution is 0.0941. The van der Waals surface area contributed by atoms with E-state index in [-0.39, 0.29) is 11.7 Å². The van der Waals surface area contributed by atoms with Crippen molar-refractivity contribution in [3.05, 3.63) is 64.9 Å². The van der Waals surface area contributed by atoms with E-state index >= 15 is 0 Å². The van der Waals surface area contributed by atoms with Crippen LogP contribution in [0.4, 0.5) is 4.39 Å². The maximum absolute atomic E-state index is 13.8. The van der Waals surface area contributed by atoms with Crippen LogP contribution in [0.1, 0.15) is 40.3 Å². The minimum absolute atomic E-state index is 0.326. The molecule has 0 aliphatic rings. The van der Waals surface area contributed by atoms with Gasteiger partial charge in [-0.05, 0) is 32.9 Å². The fourth-order valence-corrected chi connectivity index (χ4v) is 2.61. The molecule has 23 heavy (non-hydrogen) atoms. The van der Waals surface area contributed by atoms with Crippen molar-refractivity contribution in [2.24, 2.45) is 0 Å². The maximum atomic E-state index is 13.8. The fourth-order valence-electron chi connectivity index (χ4n) is 2.61. The van der Waals surface area contributed by atoms with Gasteiger partial charge in [0, 0.05) is 17.0 Å². The smallest absolute Gasteiger partial charge is 0.257 e. The number of fused-ring (bicyclic) bond motifs is 1. The summed E-state index contributed by atoms with van der Waals surface area (Å²) in [6, 6.07) is 7.83. The van der Waals surface area contributed by atoms with Gasteiger partial charge >= 0.3 is 0 Å². The van der Waals surface area contributed by atoms with E-state index in [1.54, 1.807) is 29.6 Å². The van der Waals surface area contributed by atoms with Gasteiger partial charge in [0.25, 0.3) is 5.91 Å². The van der Waals surface area contributed by atoms with Crippen LogP contribution in [0.2, 0.25) is 0 Å². The molecule has 0 bridgehead atoms. The highest BCUT2D eigenvalue weighted by Crippen LogP contribution is 2.18. The molecule has 0 fully saturated rings. The molecule has 0 saturated heterocycles. The summed E-state index contributed by atoms with van der Waals surface area (Å²) in [5, 5.41) is 7.00. The van der Waals surface area contributed by atoms with Crippen molar-refractivity contribution in [2.75, 3.05) is 0 Å². The first-order valence-electron chi connectivity index (χ1n) is 7.34. The summed E-state index contributed by atoms with van der Waals surface area (Å²) in [5.74, 6) is -0.668. The second-order valence-corrected chi connectivity index (χ2v) is 5.55. The number of nitrogens with zero attached hydrogens (tertiary/aromatic N) is 3. The number of benzene rings is 1. The first kappa shape index (κ1) is 15.1. The lowest BCUT2D eigenvalue weighted by Crippen LogP contribution is -2.27. The molecule has 1 aromatic carbocycles. The van der Waals surface area contributed by atoms with Crippen LogP contribution in [0, 0.1) is 19.7 Å². The molecule has 0 spiro atoms. The zero-order valence-electron chi connectivity index (χ0n) is 13.2. The van der Waals surface area contributed by atoms with E-state index in [1.807, 2.05) is 19.9 Å². The molecule has 1 unspecified atom stereocenters. The van der Waals surface area contributed by atoms with E-state index in [4.69, 9.17) is 0 Å². The molecule has 0 radical (unpaired) electrons. The molecule has 3 rings (SSSR count). The standard InChI is InChI=1S/C17H17FN4O/c1-10-8-11(2)22-16(20-10)14(9-19-22)17(23)21-12(3)13-6-4-5-7-15(13)18/h4-9,12H,1-3H3,(H,21,23). The van der Waals surface area contributed by atoms with E-state index in [2.05, 4.69) is 15.4 Å². The summed E-state index contributed by atoms with van der Waals surface area (Å²) in [4.78, 5) is 16.9. The van der Waals surface area contributed by atoms with E-state index in [0.717, 1.165) is 11.4 Å². The number of nitrogens with one attached hydrogen (secondary N) is 1. The summed E-state index contributed by atoms with van der Waals surface area (Å²) in [5.41, 5.74) is 3.03. The minimum atomic E-state index is -0.454. The number of halogens is 1. The van der Waals surface area contributed by atoms with Gasteiger partial charge in [0.15, 0.2) is 5.65 Å². The number of carbonyl (C=O) groups is 1. The molecule has 1 N–H and O–H groups in total. The zero-order chi connectivity index (χ0) is 16.6. The van der Waals surface area contributed by atoms with Gasteiger partial charge in [-0.25, -0.2) is 13.9 Å². The molecule has 1 amide bonds. The lowest BCUT2D eigenvalue weighted by atomic mass is 10.1. The quantitative estimate of drug-likeness (QED) is 0.809. The van der Waals surface area contributed by atoms with Crippen molar-refractivity contribution >= 4 is 11.6 Å². The summed E-state index contributed by atoms with van der Waals surface area (Å²) in [7, 11) is 0. The van der Waals surface area contributed by atoms with Gasteiger partial charge in [-0.3, -0.25) is 4.79 Å². The van der Waals surface area contributed by atoms with Crippen LogP contribution in [-0.4, -0.2) is 20.5 Å². The second-order valence-electron chi connectivity index (χ2n) is 5.55. The molecule has 0 saturated carbocycles. The average Bonchev–Trinajstić information content (AvgIpc) is 2.91. The van der Waals surface area contributed by atoms with Crippen molar-refractivity contribution in [1.29, 1.82) is 0 Å². The van der Waals surface area contributed by atoms with Gasteiger partial charge in [0.05, 0.1) is 12.2 Å². The number of aryl methyl sites for hydroxylation is 2. The molecule has 118 valence electrons. The molecule has 6 heteroatoms. The van der Waals surface area contributed by atoms with E-state index in [1.165, 1.54) is 12.3 Å². The van der Waals surface area contributed by atoms with Crippen LogP contribution in [-0.2, 0) is 0 Å². The number of carbonyl (C=O) groups excluding carboxylic acids is 1. The predicted molar refractivity (Wildman–Crippen MR) is 84.7 cm³/mol. The summed E-state index contributed by atoms with van der Waals surface area (Å²) in [6.45, 7) is 5.51. The first-order valence-corrected chi connectivity index (χ1v) is 7.34. The normalized spacial score (nSPS) is 12.3. The Hall–Kier alpha value is -2.76. The van der Waals surface area contributed by atoms with Crippen molar-refractivity contribution in [3.8, 4) is 0 Å². The van der Waals surface area contributed by atoms with Crippen LogP contribution >= 0.6 is 0 Å². The number of hydrogen-bond acceptors (Lipinski definition) is 3. The topological polar surface area (TPSA) is 59.3 Å². The molecule has 0 aliphatic heterocycles. The highest BCUT2D eigenvalue weighted by Gasteiger charge is 2.19. The Morgan fingerprint density at radius 2 is 2.04 bits per heavy atom. The van der Waals surface area contributed by atoms with Gasteiger partial charge in [-0.2, -0.15) is 5.10 Å². The summed E-state index contributed by atoms with van der Waals surface area (Å²) in [6.07, 6.45) is 1.48. The van der Waals surface area contributed by atoms with Crippen molar-refractivity contribution in [2.45, 2.75) is 26.8 Å². The monoisotopic (exact) mass is 312 g/mol. The highest BCUT2D eigenvalue weighted by atomic mass is 19.1. The zero-order valence-corrected chi connectivity index (χ0v) is 13.2. The number of hydrogen-bond donors (Lipinski definition) is 1. The van der Waals surface area contributed by atoms with Gasteiger partial charge in [0.2, 0.25) is 0 Å². The average molecular weight is 312 g/mol. The summed E-state index contributed by atoms with van der Waals surface area (Å²) < 4.78 is 15.4.